The molecule has 6 heteroatoms. The van der Waals surface area contributed by atoms with Gasteiger partial charge < -0.3 is 19.5 Å². The zero-order valence-corrected chi connectivity index (χ0v) is 20.1. The fourth-order valence-electron chi connectivity index (χ4n) is 4.54. The van der Waals surface area contributed by atoms with E-state index < -0.39 is 11.9 Å². The van der Waals surface area contributed by atoms with E-state index in [-0.39, 0.29) is 12.0 Å². The number of anilines is 1. The zero-order chi connectivity index (χ0) is 24.4. The minimum absolute atomic E-state index is 0.0552. The highest BCUT2D eigenvalue weighted by atomic mass is 16.5. The van der Waals surface area contributed by atoms with Crippen molar-refractivity contribution in [1.82, 2.24) is 0 Å². The van der Waals surface area contributed by atoms with E-state index in [0.29, 0.717) is 42.3 Å². The van der Waals surface area contributed by atoms with E-state index in [9.17, 15) is 14.7 Å². The Morgan fingerprint density at radius 1 is 1.03 bits per heavy atom. The SMILES string of the molecule is CCCOc1c2c(c(OC(C)C)c3ccccc13)CN(c1ccc(C(CC)C(=O)O)cc1)C2=O. The van der Waals surface area contributed by atoms with Gasteiger partial charge in [-0.2, -0.15) is 0 Å². The monoisotopic (exact) mass is 461 g/mol. The van der Waals surface area contributed by atoms with Gasteiger partial charge in [0.05, 0.1) is 30.7 Å². The Labute approximate surface area is 200 Å². The molecule has 3 aromatic carbocycles. The molecule has 1 aliphatic heterocycles. The van der Waals surface area contributed by atoms with Crippen LogP contribution in [0.4, 0.5) is 5.69 Å². The van der Waals surface area contributed by atoms with Gasteiger partial charge in [0.15, 0.2) is 0 Å². The molecular formula is C28H31NO5. The topological polar surface area (TPSA) is 76.1 Å². The van der Waals surface area contributed by atoms with Gasteiger partial charge in [0.25, 0.3) is 5.91 Å². The molecule has 0 aromatic heterocycles. The van der Waals surface area contributed by atoms with Gasteiger partial charge in [0.2, 0.25) is 0 Å². The molecule has 34 heavy (non-hydrogen) atoms. The summed E-state index contributed by atoms with van der Waals surface area (Å²) in [6.07, 6.45) is 1.28. The Bertz CT molecular complexity index is 1220. The first-order chi connectivity index (χ1) is 16.4. The van der Waals surface area contributed by atoms with Crippen molar-refractivity contribution >= 4 is 28.3 Å². The van der Waals surface area contributed by atoms with Crippen LogP contribution in [0.1, 0.15) is 67.9 Å². The first-order valence-corrected chi connectivity index (χ1v) is 11.9. The average Bonchev–Trinajstić information content (AvgIpc) is 3.16. The van der Waals surface area contributed by atoms with Crippen molar-refractivity contribution < 1.29 is 24.2 Å². The lowest BCUT2D eigenvalue weighted by Crippen LogP contribution is -2.23. The number of aliphatic carboxylic acids is 1. The van der Waals surface area contributed by atoms with Gasteiger partial charge in [-0.05, 0) is 44.4 Å². The molecule has 1 N–H and O–H groups in total. The van der Waals surface area contributed by atoms with Crippen LogP contribution in [-0.4, -0.2) is 29.7 Å². The number of ether oxygens (including phenoxy) is 2. The fraction of sp³-hybridized carbons (Fsp3) is 0.357. The van der Waals surface area contributed by atoms with Crippen molar-refractivity contribution in [3.05, 3.63) is 65.2 Å². The largest absolute Gasteiger partial charge is 0.492 e. The van der Waals surface area contributed by atoms with Gasteiger partial charge in [-0.25, -0.2) is 0 Å². The highest BCUT2D eigenvalue weighted by Crippen LogP contribution is 2.46. The van der Waals surface area contributed by atoms with E-state index in [1.807, 2.05) is 64.1 Å². The normalized spacial score (nSPS) is 13.9. The molecule has 1 aliphatic rings. The van der Waals surface area contributed by atoms with Crippen molar-refractivity contribution in [2.45, 2.75) is 59.1 Å². The zero-order valence-electron chi connectivity index (χ0n) is 20.1. The van der Waals surface area contributed by atoms with Gasteiger partial charge in [0.1, 0.15) is 11.5 Å². The van der Waals surface area contributed by atoms with E-state index >= 15 is 0 Å². The van der Waals surface area contributed by atoms with Gasteiger partial charge in [-0.3, -0.25) is 9.59 Å². The molecule has 1 unspecified atom stereocenters. The Hall–Kier alpha value is -3.54. The summed E-state index contributed by atoms with van der Waals surface area (Å²) >= 11 is 0. The van der Waals surface area contributed by atoms with E-state index in [2.05, 4.69) is 0 Å². The lowest BCUT2D eigenvalue weighted by Gasteiger charge is -2.19. The lowest BCUT2D eigenvalue weighted by molar-refractivity contribution is -0.138. The van der Waals surface area contributed by atoms with Gasteiger partial charge >= 0.3 is 5.97 Å². The minimum atomic E-state index is -0.847. The Morgan fingerprint density at radius 3 is 2.24 bits per heavy atom. The van der Waals surface area contributed by atoms with Crippen LogP contribution in [0.15, 0.2) is 48.5 Å². The molecule has 0 saturated heterocycles. The summed E-state index contributed by atoms with van der Waals surface area (Å²) in [5, 5.41) is 11.3. The summed E-state index contributed by atoms with van der Waals surface area (Å²) in [6, 6.07) is 15.1. The standard InChI is InChI=1S/C28H31NO5/c1-5-15-33-26-22-10-8-7-9-21(22)25(34-17(3)4)23-16-29(27(30)24(23)26)19-13-11-18(12-14-19)20(6-2)28(31)32/h7-14,17,20H,5-6,15-16H2,1-4H3,(H,31,32). The summed E-state index contributed by atoms with van der Waals surface area (Å²) in [5.41, 5.74) is 2.81. The predicted octanol–water partition coefficient (Wildman–Crippen LogP) is 6.15. The number of fused-ring (bicyclic) bond motifs is 2. The van der Waals surface area contributed by atoms with Gasteiger partial charge in [0, 0.05) is 22.0 Å². The average molecular weight is 462 g/mol. The maximum absolute atomic E-state index is 13.7. The minimum Gasteiger partial charge on any atom is -0.492 e. The van der Waals surface area contributed by atoms with Crippen molar-refractivity contribution in [1.29, 1.82) is 0 Å². The number of nitrogens with zero attached hydrogens (tertiary/aromatic N) is 1. The smallest absolute Gasteiger partial charge is 0.310 e. The van der Waals surface area contributed by atoms with Gasteiger partial charge in [-0.1, -0.05) is 50.2 Å². The molecule has 0 spiro atoms. The Balaban J connectivity index is 1.82. The third kappa shape index (κ3) is 4.20. The van der Waals surface area contributed by atoms with Crippen molar-refractivity contribution in [3.8, 4) is 11.5 Å². The highest BCUT2D eigenvalue weighted by Gasteiger charge is 2.37. The molecule has 0 bridgehead atoms. The quantitative estimate of drug-likeness (QED) is 0.413. The van der Waals surface area contributed by atoms with Crippen molar-refractivity contribution in [2.24, 2.45) is 0 Å². The number of amides is 1. The van der Waals surface area contributed by atoms with Crippen LogP contribution in [0.2, 0.25) is 0 Å². The lowest BCUT2D eigenvalue weighted by atomic mass is 9.96. The number of hydrogen-bond acceptors (Lipinski definition) is 4. The summed E-state index contributed by atoms with van der Waals surface area (Å²) in [4.78, 5) is 27.0. The van der Waals surface area contributed by atoms with Gasteiger partial charge in [-0.15, -0.1) is 0 Å². The number of carbonyl (C=O) groups is 2. The second-order valence-corrected chi connectivity index (χ2v) is 8.85. The molecule has 0 aliphatic carbocycles. The van der Waals surface area contributed by atoms with Crippen LogP contribution < -0.4 is 14.4 Å². The molecule has 178 valence electrons. The molecule has 1 amide bonds. The van der Waals surface area contributed by atoms with Crippen LogP contribution in [0.25, 0.3) is 10.8 Å². The summed E-state index contributed by atoms with van der Waals surface area (Å²) in [5.74, 6) is -0.234. The number of benzene rings is 3. The highest BCUT2D eigenvalue weighted by molar-refractivity contribution is 6.16. The molecule has 0 radical (unpaired) electrons. The number of hydrogen-bond donors (Lipinski definition) is 1. The first-order valence-electron chi connectivity index (χ1n) is 11.9. The van der Waals surface area contributed by atoms with E-state index in [1.165, 1.54) is 0 Å². The molecule has 4 rings (SSSR count). The summed E-state index contributed by atoms with van der Waals surface area (Å²) in [6.45, 7) is 8.71. The second-order valence-electron chi connectivity index (χ2n) is 8.85. The van der Waals surface area contributed by atoms with Crippen LogP contribution in [0.5, 0.6) is 11.5 Å². The molecule has 1 atom stereocenters. The summed E-state index contributed by atoms with van der Waals surface area (Å²) < 4.78 is 12.4. The van der Waals surface area contributed by atoms with E-state index in [4.69, 9.17) is 9.47 Å². The van der Waals surface area contributed by atoms with Crippen molar-refractivity contribution in [3.63, 3.8) is 0 Å². The van der Waals surface area contributed by atoms with Crippen LogP contribution in [-0.2, 0) is 11.3 Å². The Morgan fingerprint density at radius 2 is 1.68 bits per heavy atom. The third-order valence-corrected chi connectivity index (χ3v) is 6.11. The van der Waals surface area contributed by atoms with Crippen LogP contribution in [0, 0.1) is 0 Å². The third-order valence-electron chi connectivity index (χ3n) is 6.11. The number of carboxylic acids is 1. The maximum atomic E-state index is 13.7. The van der Waals surface area contributed by atoms with E-state index in [0.717, 1.165) is 28.3 Å². The van der Waals surface area contributed by atoms with Crippen LogP contribution >= 0.6 is 0 Å². The molecule has 3 aromatic rings. The molecule has 1 heterocycles. The summed E-state index contributed by atoms with van der Waals surface area (Å²) in [7, 11) is 0. The first kappa shape index (κ1) is 23.6. The molecular weight excluding hydrogens is 430 g/mol. The molecule has 6 nitrogen and oxygen atoms in total. The number of rotatable bonds is 9. The van der Waals surface area contributed by atoms with E-state index in [1.54, 1.807) is 17.0 Å². The second kappa shape index (κ2) is 9.75. The number of carbonyl (C=O) groups excluding carboxylic acids is 1. The fourth-order valence-corrected chi connectivity index (χ4v) is 4.54. The van der Waals surface area contributed by atoms with Crippen LogP contribution in [0.3, 0.4) is 0 Å². The molecule has 0 saturated carbocycles. The Kier molecular flexibility index (Phi) is 6.77. The predicted molar refractivity (Wildman–Crippen MR) is 133 cm³/mol. The maximum Gasteiger partial charge on any atom is 0.310 e. The van der Waals surface area contributed by atoms with Crippen molar-refractivity contribution in [2.75, 3.05) is 11.5 Å². The molecule has 0 fully saturated rings. The number of carboxylic acid groups (broad SMARTS) is 1.